The minimum absolute atomic E-state index is 0.0276. The molecule has 0 aliphatic heterocycles. The first-order valence-corrected chi connectivity index (χ1v) is 7.27. The van der Waals surface area contributed by atoms with E-state index in [9.17, 15) is 9.59 Å². The van der Waals surface area contributed by atoms with Crippen LogP contribution >= 0.6 is 0 Å². The maximum absolute atomic E-state index is 12.0. The summed E-state index contributed by atoms with van der Waals surface area (Å²) in [4.78, 5) is 23.4. The van der Waals surface area contributed by atoms with Crippen molar-refractivity contribution in [3.05, 3.63) is 35.4 Å². The first kappa shape index (κ1) is 17.7. The van der Waals surface area contributed by atoms with Crippen LogP contribution < -0.4 is 16.4 Å². The van der Waals surface area contributed by atoms with Crippen LogP contribution in [0.1, 0.15) is 35.7 Å². The van der Waals surface area contributed by atoms with Crippen molar-refractivity contribution in [1.82, 2.24) is 10.6 Å². The van der Waals surface area contributed by atoms with Crippen molar-refractivity contribution in [3.63, 3.8) is 0 Å². The van der Waals surface area contributed by atoms with Gasteiger partial charge in [-0.2, -0.15) is 5.26 Å². The Hall–Kier alpha value is -2.39. The number of carbonyl (C=O) groups is 2. The highest BCUT2D eigenvalue weighted by atomic mass is 16.2. The number of benzene rings is 1. The molecule has 0 saturated heterocycles. The molecule has 1 unspecified atom stereocenters. The van der Waals surface area contributed by atoms with Crippen LogP contribution in [0.4, 0.5) is 0 Å². The highest BCUT2D eigenvalue weighted by Gasteiger charge is 2.10. The van der Waals surface area contributed by atoms with Crippen molar-refractivity contribution in [2.75, 3.05) is 13.1 Å². The number of rotatable bonds is 8. The number of hydrogen-bond acceptors (Lipinski definition) is 4. The van der Waals surface area contributed by atoms with E-state index in [0.717, 1.165) is 5.56 Å². The minimum atomic E-state index is -0.143. The third-order valence-electron chi connectivity index (χ3n) is 3.25. The molecular weight excluding hydrogens is 280 g/mol. The minimum Gasteiger partial charge on any atom is -0.352 e. The molecule has 0 bridgehead atoms. The van der Waals surface area contributed by atoms with E-state index >= 15 is 0 Å². The van der Waals surface area contributed by atoms with E-state index in [1.165, 1.54) is 0 Å². The van der Waals surface area contributed by atoms with Crippen LogP contribution in [-0.4, -0.2) is 24.9 Å². The molecule has 1 rings (SSSR count). The van der Waals surface area contributed by atoms with E-state index in [1.54, 1.807) is 18.2 Å². The molecule has 2 amide bonds. The summed E-state index contributed by atoms with van der Waals surface area (Å²) < 4.78 is 0. The fraction of sp³-hybridized carbons (Fsp3) is 0.438. The fourth-order valence-corrected chi connectivity index (χ4v) is 2.00. The monoisotopic (exact) mass is 302 g/mol. The van der Waals surface area contributed by atoms with Crippen molar-refractivity contribution >= 4 is 11.8 Å². The van der Waals surface area contributed by atoms with Crippen molar-refractivity contribution < 1.29 is 9.59 Å². The Kier molecular flexibility index (Phi) is 7.65. The topological polar surface area (TPSA) is 108 Å². The molecule has 4 N–H and O–H groups in total. The second kappa shape index (κ2) is 9.53. The zero-order valence-corrected chi connectivity index (χ0v) is 12.8. The van der Waals surface area contributed by atoms with Gasteiger partial charge in [0.1, 0.15) is 6.54 Å². The van der Waals surface area contributed by atoms with Crippen LogP contribution in [0, 0.1) is 17.2 Å². The Labute approximate surface area is 130 Å². The smallest absolute Gasteiger partial charge is 0.251 e. The van der Waals surface area contributed by atoms with Crippen molar-refractivity contribution in [2.24, 2.45) is 11.7 Å². The number of carbonyl (C=O) groups excluding carboxylic acids is 2. The summed E-state index contributed by atoms with van der Waals surface area (Å²) in [5, 5.41) is 13.7. The predicted octanol–water partition coefficient (Wildman–Crippen LogP) is 0.931. The fourth-order valence-electron chi connectivity index (χ4n) is 2.00. The van der Waals surface area contributed by atoms with Crippen LogP contribution in [0.3, 0.4) is 0 Å². The molecule has 6 heteroatoms. The zero-order valence-electron chi connectivity index (χ0n) is 12.8. The summed E-state index contributed by atoms with van der Waals surface area (Å²) in [7, 11) is 0. The van der Waals surface area contributed by atoms with Crippen molar-refractivity contribution in [2.45, 2.75) is 26.3 Å². The summed E-state index contributed by atoms with van der Waals surface area (Å²) in [5.41, 5.74) is 7.05. The molecule has 0 fully saturated rings. The van der Waals surface area contributed by atoms with Crippen LogP contribution in [0.2, 0.25) is 0 Å². The second-order valence-corrected chi connectivity index (χ2v) is 5.19. The van der Waals surface area contributed by atoms with Gasteiger partial charge in [-0.05, 0) is 30.0 Å². The number of nitrogens with zero attached hydrogens (tertiary/aromatic N) is 1. The molecule has 0 spiro atoms. The van der Waals surface area contributed by atoms with Crippen LogP contribution in [0.5, 0.6) is 0 Å². The van der Waals surface area contributed by atoms with E-state index in [2.05, 4.69) is 10.6 Å². The Balaban J connectivity index is 2.32. The van der Waals surface area contributed by atoms with Gasteiger partial charge in [-0.1, -0.05) is 19.1 Å². The Bertz CT molecular complexity index is 551. The molecule has 0 aliphatic rings. The number of nitrogens with two attached hydrogens (primary N) is 1. The first-order chi connectivity index (χ1) is 10.6. The summed E-state index contributed by atoms with van der Waals surface area (Å²) in [5.74, 6) is -0.151. The first-order valence-electron chi connectivity index (χ1n) is 7.27. The van der Waals surface area contributed by atoms with Gasteiger partial charge >= 0.3 is 0 Å². The summed E-state index contributed by atoms with van der Waals surface area (Å²) >= 11 is 0. The predicted molar refractivity (Wildman–Crippen MR) is 83.7 cm³/mol. The van der Waals surface area contributed by atoms with Gasteiger partial charge in [-0.3, -0.25) is 9.59 Å². The zero-order chi connectivity index (χ0) is 16.4. The lowest BCUT2D eigenvalue weighted by Crippen LogP contribution is -2.28. The van der Waals surface area contributed by atoms with E-state index in [-0.39, 0.29) is 24.3 Å². The molecule has 0 radical (unpaired) electrons. The largest absolute Gasteiger partial charge is 0.352 e. The van der Waals surface area contributed by atoms with Crippen LogP contribution in [0.25, 0.3) is 0 Å². The van der Waals surface area contributed by atoms with E-state index in [4.69, 9.17) is 11.0 Å². The molecular formula is C16H22N4O2. The van der Waals surface area contributed by atoms with Gasteiger partial charge in [-0.25, -0.2) is 0 Å². The van der Waals surface area contributed by atoms with E-state index < -0.39 is 0 Å². The maximum Gasteiger partial charge on any atom is 0.251 e. The SMILES string of the molecule is CC(CCNC(=O)c1cccc(CN)c1)CC(=O)NCC#N. The lowest BCUT2D eigenvalue weighted by Gasteiger charge is -2.11. The van der Waals surface area contributed by atoms with Gasteiger partial charge in [0, 0.05) is 25.1 Å². The van der Waals surface area contributed by atoms with Gasteiger partial charge < -0.3 is 16.4 Å². The molecule has 0 heterocycles. The average molecular weight is 302 g/mol. The Morgan fingerprint density at radius 1 is 1.36 bits per heavy atom. The van der Waals surface area contributed by atoms with Gasteiger partial charge in [0.25, 0.3) is 5.91 Å². The normalized spacial score (nSPS) is 11.3. The third kappa shape index (κ3) is 6.37. The maximum atomic E-state index is 12.0. The highest BCUT2D eigenvalue weighted by Crippen LogP contribution is 2.07. The van der Waals surface area contributed by atoms with Gasteiger partial charge in [0.15, 0.2) is 0 Å². The average Bonchev–Trinajstić information content (AvgIpc) is 2.52. The van der Waals surface area contributed by atoms with Crippen molar-refractivity contribution in [1.29, 1.82) is 5.26 Å². The molecule has 1 aromatic carbocycles. The molecule has 0 saturated carbocycles. The van der Waals surface area contributed by atoms with Gasteiger partial charge in [-0.15, -0.1) is 0 Å². The quantitative estimate of drug-likeness (QED) is 0.621. The molecule has 1 aromatic rings. The van der Waals surface area contributed by atoms with E-state index in [1.807, 2.05) is 19.1 Å². The summed E-state index contributed by atoms with van der Waals surface area (Å²) in [6.07, 6.45) is 1.04. The number of nitrogens with one attached hydrogen (secondary N) is 2. The molecule has 0 aromatic heterocycles. The third-order valence-corrected chi connectivity index (χ3v) is 3.25. The lowest BCUT2D eigenvalue weighted by atomic mass is 10.0. The van der Waals surface area contributed by atoms with Crippen LogP contribution in [0.15, 0.2) is 24.3 Å². The molecule has 1 atom stereocenters. The van der Waals surface area contributed by atoms with Gasteiger partial charge in [0.05, 0.1) is 6.07 Å². The Morgan fingerprint density at radius 2 is 2.14 bits per heavy atom. The van der Waals surface area contributed by atoms with Crippen molar-refractivity contribution in [3.8, 4) is 6.07 Å². The highest BCUT2D eigenvalue weighted by molar-refractivity contribution is 5.94. The Morgan fingerprint density at radius 3 is 2.82 bits per heavy atom. The van der Waals surface area contributed by atoms with Gasteiger partial charge in [0.2, 0.25) is 5.91 Å². The van der Waals surface area contributed by atoms with E-state index in [0.29, 0.717) is 31.5 Å². The molecule has 6 nitrogen and oxygen atoms in total. The number of amides is 2. The lowest BCUT2D eigenvalue weighted by molar-refractivity contribution is -0.121. The standard InChI is InChI=1S/C16H22N4O2/c1-12(9-15(21)19-8-6-17)5-7-20-16(22)14-4-2-3-13(10-14)11-18/h2-4,10,12H,5,7-9,11,18H2,1H3,(H,19,21)(H,20,22). The molecule has 118 valence electrons. The summed E-state index contributed by atoms with van der Waals surface area (Å²) in [6.45, 7) is 2.86. The molecule has 22 heavy (non-hydrogen) atoms. The van der Waals surface area contributed by atoms with Crippen LogP contribution in [-0.2, 0) is 11.3 Å². The second-order valence-electron chi connectivity index (χ2n) is 5.19. The summed E-state index contributed by atoms with van der Waals surface area (Å²) in [6, 6.07) is 9.05. The molecule has 0 aliphatic carbocycles. The number of nitriles is 1. The number of hydrogen-bond donors (Lipinski definition) is 3.